The standard InChI is InChI=1S/C24H20N2O2/c1-2-6-15(7-3-1)19-13-20(26-14-25-19)16-10-11-18-22(12-16)28-24-23(18)17-8-4-5-9-21(17)27-24/h4-5,8-15H,1-3,6-7H2. The van der Waals surface area contributed by atoms with E-state index in [9.17, 15) is 0 Å². The first-order chi connectivity index (χ1) is 13.9. The van der Waals surface area contributed by atoms with Crippen molar-refractivity contribution in [3.05, 3.63) is 60.6 Å². The molecule has 0 N–H and O–H groups in total. The maximum atomic E-state index is 6.04. The summed E-state index contributed by atoms with van der Waals surface area (Å²) in [5.41, 5.74) is 4.86. The Morgan fingerprint density at radius 1 is 0.786 bits per heavy atom. The van der Waals surface area contributed by atoms with Crippen molar-refractivity contribution in [2.75, 3.05) is 0 Å². The van der Waals surface area contributed by atoms with E-state index < -0.39 is 0 Å². The molecule has 6 rings (SSSR count). The van der Waals surface area contributed by atoms with Crippen LogP contribution < -0.4 is 0 Å². The topological polar surface area (TPSA) is 52.1 Å². The van der Waals surface area contributed by atoms with Gasteiger partial charge in [0.15, 0.2) is 0 Å². The minimum Gasteiger partial charge on any atom is -0.425 e. The van der Waals surface area contributed by atoms with Crippen molar-refractivity contribution >= 4 is 33.1 Å². The quantitative estimate of drug-likeness (QED) is 0.342. The van der Waals surface area contributed by atoms with Crippen LogP contribution in [0.1, 0.15) is 43.7 Å². The average Bonchev–Trinajstić information content (AvgIpc) is 3.29. The van der Waals surface area contributed by atoms with Crippen LogP contribution >= 0.6 is 0 Å². The highest BCUT2D eigenvalue weighted by molar-refractivity contribution is 6.17. The molecule has 0 atom stereocenters. The lowest BCUT2D eigenvalue weighted by Gasteiger charge is -2.21. The van der Waals surface area contributed by atoms with E-state index in [0.717, 1.165) is 38.6 Å². The van der Waals surface area contributed by atoms with Crippen LogP contribution in [0.25, 0.3) is 44.4 Å². The van der Waals surface area contributed by atoms with Gasteiger partial charge in [0.1, 0.15) is 17.5 Å². The van der Waals surface area contributed by atoms with Gasteiger partial charge in [-0.25, -0.2) is 9.97 Å². The maximum absolute atomic E-state index is 6.04. The fourth-order valence-corrected chi connectivity index (χ4v) is 4.57. The van der Waals surface area contributed by atoms with E-state index in [2.05, 4.69) is 40.3 Å². The number of furan rings is 2. The molecular formula is C24H20N2O2. The third-order valence-corrected chi connectivity index (χ3v) is 6.02. The van der Waals surface area contributed by atoms with E-state index >= 15 is 0 Å². The van der Waals surface area contributed by atoms with E-state index in [4.69, 9.17) is 8.83 Å². The third kappa shape index (κ3) is 2.44. The molecule has 5 aromatic rings. The summed E-state index contributed by atoms with van der Waals surface area (Å²) in [7, 11) is 0. The van der Waals surface area contributed by atoms with E-state index in [-0.39, 0.29) is 0 Å². The zero-order valence-electron chi connectivity index (χ0n) is 15.5. The Morgan fingerprint density at radius 2 is 1.61 bits per heavy atom. The smallest absolute Gasteiger partial charge is 0.299 e. The van der Waals surface area contributed by atoms with Gasteiger partial charge in [-0.3, -0.25) is 0 Å². The van der Waals surface area contributed by atoms with Crippen LogP contribution in [-0.4, -0.2) is 9.97 Å². The Morgan fingerprint density at radius 3 is 2.54 bits per heavy atom. The van der Waals surface area contributed by atoms with Gasteiger partial charge in [0.25, 0.3) is 5.78 Å². The molecule has 1 saturated carbocycles. The second kappa shape index (κ2) is 6.20. The van der Waals surface area contributed by atoms with Crippen molar-refractivity contribution in [3.63, 3.8) is 0 Å². The average molecular weight is 368 g/mol. The fourth-order valence-electron chi connectivity index (χ4n) is 4.57. The number of benzene rings is 2. The molecule has 0 saturated heterocycles. The lowest BCUT2D eigenvalue weighted by Crippen LogP contribution is -2.07. The van der Waals surface area contributed by atoms with Gasteiger partial charge in [0.05, 0.1) is 11.1 Å². The molecule has 1 aliphatic rings. The zero-order valence-corrected chi connectivity index (χ0v) is 15.5. The first-order valence-electron chi connectivity index (χ1n) is 10.0. The van der Waals surface area contributed by atoms with E-state index in [1.807, 2.05) is 18.2 Å². The minimum absolute atomic E-state index is 0.566. The molecule has 2 aromatic carbocycles. The molecule has 1 aliphatic carbocycles. The number of hydrogen-bond donors (Lipinski definition) is 0. The Labute approximate surface area is 162 Å². The SMILES string of the molecule is c1ccc2c(c1)oc1oc3cc(-c4cc(C5CCCCC5)ncn4)ccc3c12. The van der Waals surface area contributed by atoms with Crippen LogP contribution in [0.4, 0.5) is 0 Å². The highest BCUT2D eigenvalue weighted by atomic mass is 16.5. The fraction of sp³-hybridized carbons (Fsp3) is 0.250. The molecule has 1 fully saturated rings. The van der Waals surface area contributed by atoms with Crippen LogP contribution in [0.5, 0.6) is 0 Å². The van der Waals surface area contributed by atoms with Gasteiger partial charge in [-0.2, -0.15) is 0 Å². The van der Waals surface area contributed by atoms with Crippen molar-refractivity contribution in [1.82, 2.24) is 9.97 Å². The van der Waals surface area contributed by atoms with Crippen LogP contribution in [-0.2, 0) is 0 Å². The number of para-hydroxylation sites is 1. The number of nitrogens with zero attached hydrogens (tertiary/aromatic N) is 2. The van der Waals surface area contributed by atoms with Gasteiger partial charge >= 0.3 is 0 Å². The van der Waals surface area contributed by atoms with Gasteiger partial charge in [-0.15, -0.1) is 0 Å². The van der Waals surface area contributed by atoms with Crippen LogP contribution in [0, 0.1) is 0 Å². The van der Waals surface area contributed by atoms with Crippen molar-refractivity contribution < 1.29 is 8.83 Å². The number of aromatic nitrogens is 2. The van der Waals surface area contributed by atoms with Gasteiger partial charge in [-0.05, 0) is 37.1 Å². The summed E-state index contributed by atoms with van der Waals surface area (Å²) in [5.74, 6) is 1.15. The van der Waals surface area contributed by atoms with Gasteiger partial charge in [0, 0.05) is 27.9 Å². The first-order valence-corrected chi connectivity index (χ1v) is 10.0. The molecule has 0 spiro atoms. The molecule has 0 unspecified atom stereocenters. The van der Waals surface area contributed by atoms with Gasteiger partial charge in [0.2, 0.25) is 0 Å². The van der Waals surface area contributed by atoms with Crippen LogP contribution in [0.2, 0.25) is 0 Å². The number of hydrogen-bond acceptors (Lipinski definition) is 4. The van der Waals surface area contributed by atoms with Gasteiger partial charge < -0.3 is 8.83 Å². The summed E-state index contributed by atoms with van der Waals surface area (Å²) in [5, 5.41) is 3.21. The second-order valence-corrected chi connectivity index (χ2v) is 7.74. The van der Waals surface area contributed by atoms with Crippen molar-refractivity contribution in [2.45, 2.75) is 38.0 Å². The molecule has 0 bridgehead atoms. The Kier molecular flexibility index (Phi) is 3.51. The summed E-state index contributed by atoms with van der Waals surface area (Å²) >= 11 is 0. The largest absolute Gasteiger partial charge is 0.425 e. The third-order valence-electron chi connectivity index (χ3n) is 6.02. The summed E-state index contributed by atoms with van der Waals surface area (Å²) < 4.78 is 11.9. The molecule has 28 heavy (non-hydrogen) atoms. The maximum Gasteiger partial charge on any atom is 0.299 e. The zero-order chi connectivity index (χ0) is 18.5. The molecule has 138 valence electrons. The number of fused-ring (bicyclic) bond motifs is 5. The van der Waals surface area contributed by atoms with Crippen molar-refractivity contribution in [3.8, 4) is 11.3 Å². The molecule has 0 amide bonds. The predicted molar refractivity (Wildman–Crippen MR) is 110 cm³/mol. The number of rotatable bonds is 2. The second-order valence-electron chi connectivity index (χ2n) is 7.74. The lowest BCUT2D eigenvalue weighted by molar-refractivity contribution is 0.436. The molecule has 0 radical (unpaired) electrons. The lowest BCUT2D eigenvalue weighted by atomic mass is 9.86. The Bertz CT molecular complexity index is 1310. The van der Waals surface area contributed by atoms with E-state index in [1.54, 1.807) is 6.33 Å². The van der Waals surface area contributed by atoms with Gasteiger partial charge in [-0.1, -0.05) is 43.5 Å². The first kappa shape index (κ1) is 15.9. The van der Waals surface area contributed by atoms with E-state index in [0.29, 0.717) is 11.7 Å². The van der Waals surface area contributed by atoms with Crippen LogP contribution in [0.15, 0.2) is 63.7 Å². The minimum atomic E-state index is 0.566. The normalized spacial score (nSPS) is 15.7. The summed E-state index contributed by atoms with van der Waals surface area (Å²) in [6.45, 7) is 0. The highest BCUT2D eigenvalue weighted by Gasteiger charge is 2.19. The highest BCUT2D eigenvalue weighted by Crippen LogP contribution is 2.38. The summed E-state index contributed by atoms with van der Waals surface area (Å²) in [4.78, 5) is 9.09. The molecule has 3 aromatic heterocycles. The Hall–Kier alpha value is -3.14. The van der Waals surface area contributed by atoms with Crippen molar-refractivity contribution in [2.24, 2.45) is 0 Å². The Balaban J connectivity index is 1.45. The molecular weight excluding hydrogens is 348 g/mol. The van der Waals surface area contributed by atoms with Crippen LogP contribution in [0.3, 0.4) is 0 Å². The summed E-state index contributed by atoms with van der Waals surface area (Å²) in [6, 6.07) is 16.5. The summed E-state index contributed by atoms with van der Waals surface area (Å²) in [6.07, 6.45) is 8.11. The van der Waals surface area contributed by atoms with E-state index in [1.165, 1.54) is 37.8 Å². The molecule has 3 heterocycles. The molecule has 0 aliphatic heterocycles. The molecule has 4 nitrogen and oxygen atoms in total. The monoisotopic (exact) mass is 368 g/mol. The predicted octanol–water partition coefficient (Wildman–Crippen LogP) is 6.84. The van der Waals surface area contributed by atoms with Crippen molar-refractivity contribution in [1.29, 1.82) is 0 Å². The molecule has 4 heteroatoms.